The first-order valence-electron chi connectivity index (χ1n) is 6.72. The molecule has 5 heteroatoms. The van der Waals surface area contributed by atoms with E-state index >= 15 is 0 Å². The van der Waals surface area contributed by atoms with Crippen molar-refractivity contribution in [3.63, 3.8) is 0 Å². The van der Waals surface area contributed by atoms with Gasteiger partial charge in [-0.25, -0.2) is 0 Å². The van der Waals surface area contributed by atoms with E-state index in [2.05, 4.69) is 17.3 Å². The van der Waals surface area contributed by atoms with Crippen LogP contribution in [0.4, 0.5) is 5.69 Å². The van der Waals surface area contributed by atoms with Gasteiger partial charge in [0, 0.05) is 13.6 Å². The predicted molar refractivity (Wildman–Crippen MR) is 73.3 cm³/mol. The van der Waals surface area contributed by atoms with Crippen LogP contribution in [0.15, 0.2) is 6.20 Å². The van der Waals surface area contributed by atoms with Gasteiger partial charge in [-0.15, -0.1) is 0 Å². The molecule has 18 heavy (non-hydrogen) atoms. The molecular formula is C13H24N4O. The smallest absolute Gasteiger partial charge is 0.271 e. The van der Waals surface area contributed by atoms with Crippen molar-refractivity contribution < 1.29 is 4.79 Å². The van der Waals surface area contributed by atoms with Crippen molar-refractivity contribution in [2.75, 3.05) is 12.3 Å². The average Bonchev–Trinajstić information content (AvgIpc) is 2.68. The van der Waals surface area contributed by atoms with Gasteiger partial charge in [0.25, 0.3) is 5.91 Å². The van der Waals surface area contributed by atoms with E-state index in [1.165, 1.54) is 43.0 Å². The van der Waals surface area contributed by atoms with Gasteiger partial charge in [0.15, 0.2) is 0 Å². The molecule has 1 rings (SSSR count). The van der Waals surface area contributed by atoms with E-state index in [9.17, 15) is 4.79 Å². The molecule has 0 bridgehead atoms. The van der Waals surface area contributed by atoms with Crippen LogP contribution in [0, 0.1) is 0 Å². The summed E-state index contributed by atoms with van der Waals surface area (Å²) in [5.74, 6) is -0.138. The zero-order valence-electron chi connectivity index (χ0n) is 11.4. The molecule has 0 aliphatic rings. The number of aromatic nitrogens is 2. The number of carbonyl (C=O) groups is 1. The summed E-state index contributed by atoms with van der Waals surface area (Å²) < 4.78 is 1.51. The quantitative estimate of drug-likeness (QED) is 0.696. The minimum absolute atomic E-state index is 0.138. The fourth-order valence-electron chi connectivity index (χ4n) is 1.92. The van der Waals surface area contributed by atoms with Crippen LogP contribution in [0.25, 0.3) is 0 Å². The normalized spacial score (nSPS) is 10.6. The van der Waals surface area contributed by atoms with Crippen LogP contribution in [-0.4, -0.2) is 22.2 Å². The second-order valence-corrected chi connectivity index (χ2v) is 4.60. The van der Waals surface area contributed by atoms with Crippen LogP contribution in [0.1, 0.15) is 55.9 Å². The van der Waals surface area contributed by atoms with E-state index in [1.54, 1.807) is 7.05 Å². The summed E-state index contributed by atoms with van der Waals surface area (Å²) in [6.07, 6.45) is 8.79. The van der Waals surface area contributed by atoms with Gasteiger partial charge in [-0.3, -0.25) is 9.48 Å². The minimum Gasteiger partial charge on any atom is -0.396 e. The number of aryl methyl sites for hydroxylation is 1. The number of unbranched alkanes of at least 4 members (excludes halogenated alkanes) is 5. The number of amides is 1. The molecule has 3 N–H and O–H groups in total. The Hall–Kier alpha value is -1.52. The molecule has 0 unspecified atom stereocenters. The van der Waals surface area contributed by atoms with Gasteiger partial charge < -0.3 is 11.1 Å². The third-order valence-electron chi connectivity index (χ3n) is 3.00. The molecule has 0 radical (unpaired) electrons. The highest BCUT2D eigenvalue weighted by Gasteiger charge is 2.13. The van der Waals surface area contributed by atoms with Crippen LogP contribution < -0.4 is 11.1 Å². The Balaban J connectivity index is 2.18. The Bertz CT molecular complexity index is 354. The molecule has 5 nitrogen and oxygen atoms in total. The fourth-order valence-corrected chi connectivity index (χ4v) is 1.92. The predicted octanol–water partition coefficient (Wildman–Crippen LogP) is 2.09. The van der Waals surface area contributed by atoms with Crippen LogP contribution in [0.2, 0.25) is 0 Å². The van der Waals surface area contributed by atoms with E-state index in [0.29, 0.717) is 17.9 Å². The van der Waals surface area contributed by atoms with Gasteiger partial charge >= 0.3 is 0 Å². The lowest BCUT2D eigenvalue weighted by Gasteiger charge is -2.06. The van der Waals surface area contributed by atoms with Gasteiger partial charge in [-0.2, -0.15) is 5.10 Å². The number of anilines is 1. The number of hydrogen-bond donors (Lipinski definition) is 2. The number of hydrogen-bond acceptors (Lipinski definition) is 3. The summed E-state index contributed by atoms with van der Waals surface area (Å²) in [5.41, 5.74) is 6.56. The fraction of sp³-hybridized carbons (Fsp3) is 0.692. The third-order valence-corrected chi connectivity index (χ3v) is 3.00. The van der Waals surface area contributed by atoms with E-state index in [4.69, 9.17) is 5.73 Å². The molecule has 0 saturated heterocycles. The Labute approximate surface area is 109 Å². The molecule has 0 aliphatic heterocycles. The SMILES string of the molecule is CCCCCCCCNC(=O)c1c(N)cnn1C. The zero-order chi connectivity index (χ0) is 13.4. The maximum atomic E-state index is 11.8. The second-order valence-electron chi connectivity index (χ2n) is 4.60. The van der Waals surface area contributed by atoms with Gasteiger partial charge in [0.05, 0.1) is 11.9 Å². The molecule has 102 valence electrons. The van der Waals surface area contributed by atoms with Gasteiger partial charge in [-0.1, -0.05) is 39.0 Å². The molecule has 1 aromatic rings. The van der Waals surface area contributed by atoms with Crippen LogP contribution in [0.5, 0.6) is 0 Å². The number of nitrogen functional groups attached to an aromatic ring is 1. The largest absolute Gasteiger partial charge is 0.396 e. The molecular weight excluding hydrogens is 228 g/mol. The highest BCUT2D eigenvalue weighted by Crippen LogP contribution is 2.09. The van der Waals surface area contributed by atoms with Crippen molar-refractivity contribution in [2.45, 2.75) is 45.4 Å². The molecule has 0 fully saturated rings. The van der Waals surface area contributed by atoms with Crippen molar-refractivity contribution in [3.05, 3.63) is 11.9 Å². The molecule has 1 aromatic heterocycles. The van der Waals surface area contributed by atoms with Crippen LogP contribution in [-0.2, 0) is 7.05 Å². The standard InChI is InChI=1S/C13H24N4O/c1-3-4-5-6-7-8-9-15-13(18)12-11(14)10-16-17(12)2/h10H,3-9,14H2,1-2H3,(H,15,18). The summed E-state index contributed by atoms with van der Waals surface area (Å²) >= 11 is 0. The third kappa shape index (κ3) is 4.39. The molecule has 0 saturated carbocycles. The molecule has 0 aliphatic carbocycles. The number of carbonyl (C=O) groups excluding carboxylic acids is 1. The summed E-state index contributed by atoms with van der Waals surface area (Å²) in [4.78, 5) is 11.8. The van der Waals surface area contributed by atoms with Crippen molar-refractivity contribution in [3.8, 4) is 0 Å². The Morgan fingerprint density at radius 2 is 2.00 bits per heavy atom. The van der Waals surface area contributed by atoms with Crippen molar-refractivity contribution >= 4 is 11.6 Å². The summed E-state index contributed by atoms with van der Waals surface area (Å²) in [6.45, 7) is 2.91. The minimum atomic E-state index is -0.138. The lowest BCUT2D eigenvalue weighted by molar-refractivity contribution is 0.0944. The Morgan fingerprint density at radius 1 is 1.33 bits per heavy atom. The molecule has 0 atom stereocenters. The first-order valence-corrected chi connectivity index (χ1v) is 6.72. The van der Waals surface area contributed by atoms with Crippen molar-refractivity contribution in [1.82, 2.24) is 15.1 Å². The molecule has 0 aromatic carbocycles. The molecule has 1 amide bonds. The molecule has 0 spiro atoms. The van der Waals surface area contributed by atoms with Crippen LogP contribution >= 0.6 is 0 Å². The van der Waals surface area contributed by atoms with Gasteiger partial charge in [-0.05, 0) is 6.42 Å². The van der Waals surface area contributed by atoms with E-state index in [0.717, 1.165) is 6.42 Å². The Kier molecular flexibility index (Phi) is 6.25. The van der Waals surface area contributed by atoms with E-state index in [1.807, 2.05) is 0 Å². The van der Waals surface area contributed by atoms with Crippen molar-refractivity contribution in [1.29, 1.82) is 0 Å². The first kappa shape index (κ1) is 14.5. The van der Waals surface area contributed by atoms with Crippen LogP contribution in [0.3, 0.4) is 0 Å². The second kappa shape index (κ2) is 7.74. The summed E-state index contributed by atoms with van der Waals surface area (Å²) in [7, 11) is 1.72. The monoisotopic (exact) mass is 252 g/mol. The van der Waals surface area contributed by atoms with E-state index < -0.39 is 0 Å². The zero-order valence-corrected chi connectivity index (χ0v) is 11.4. The Morgan fingerprint density at radius 3 is 2.61 bits per heavy atom. The summed E-state index contributed by atoms with van der Waals surface area (Å²) in [6, 6.07) is 0. The highest BCUT2D eigenvalue weighted by atomic mass is 16.2. The molecule has 1 heterocycles. The lowest BCUT2D eigenvalue weighted by Crippen LogP contribution is -2.27. The highest BCUT2D eigenvalue weighted by molar-refractivity contribution is 5.97. The van der Waals surface area contributed by atoms with Gasteiger partial charge in [0.1, 0.15) is 5.69 Å². The topological polar surface area (TPSA) is 72.9 Å². The van der Waals surface area contributed by atoms with E-state index in [-0.39, 0.29) is 5.91 Å². The lowest BCUT2D eigenvalue weighted by atomic mass is 10.1. The number of nitrogens with zero attached hydrogens (tertiary/aromatic N) is 2. The number of rotatable bonds is 8. The number of nitrogens with one attached hydrogen (secondary N) is 1. The average molecular weight is 252 g/mol. The maximum absolute atomic E-state index is 11.8. The van der Waals surface area contributed by atoms with Gasteiger partial charge in [0.2, 0.25) is 0 Å². The van der Waals surface area contributed by atoms with Crippen molar-refractivity contribution in [2.24, 2.45) is 7.05 Å². The summed E-state index contributed by atoms with van der Waals surface area (Å²) in [5, 5.41) is 6.82. The number of nitrogens with two attached hydrogens (primary N) is 1. The maximum Gasteiger partial charge on any atom is 0.271 e. The first-order chi connectivity index (χ1) is 8.66.